The van der Waals surface area contributed by atoms with Gasteiger partial charge in [0, 0.05) is 0 Å². The topological polar surface area (TPSA) is 69.6 Å². The van der Waals surface area contributed by atoms with Crippen LogP contribution in [-0.2, 0) is 4.79 Å². The van der Waals surface area contributed by atoms with E-state index in [1.165, 1.54) is 18.2 Å². The quantitative estimate of drug-likeness (QED) is 0.472. The Bertz CT molecular complexity index is 347. The molecule has 68 valence electrons. The first-order valence-corrected chi connectivity index (χ1v) is 3.59. The molecule has 0 aliphatic carbocycles. The molecule has 0 unspecified atom stereocenters. The normalized spacial score (nSPS) is 9.23. The van der Waals surface area contributed by atoms with Gasteiger partial charge >= 0.3 is 0 Å². The Balaban J connectivity index is 2.95. The molecule has 0 aliphatic heterocycles. The fraction of sp³-hybridized carbons (Fsp3) is 0. The fourth-order valence-electron chi connectivity index (χ4n) is 0.816. The van der Waals surface area contributed by atoms with Gasteiger partial charge in [0.1, 0.15) is 0 Å². The summed E-state index contributed by atoms with van der Waals surface area (Å²) in [6.07, 6.45) is 1.07. The van der Waals surface area contributed by atoms with Crippen LogP contribution in [0.25, 0.3) is 0 Å². The van der Waals surface area contributed by atoms with Gasteiger partial charge in [0.2, 0.25) is 5.91 Å². The van der Waals surface area contributed by atoms with E-state index >= 15 is 0 Å². The van der Waals surface area contributed by atoms with Crippen LogP contribution < -0.4 is 5.32 Å². The van der Waals surface area contributed by atoms with Gasteiger partial charge in [-0.2, -0.15) is 0 Å². The monoisotopic (exact) mass is 179 g/mol. The summed E-state index contributed by atoms with van der Waals surface area (Å²) in [6, 6.07) is 4.29. The smallest absolute Gasteiger partial charge is 0.247 e. The van der Waals surface area contributed by atoms with E-state index in [1.54, 1.807) is 0 Å². The molecule has 0 spiro atoms. The van der Waals surface area contributed by atoms with E-state index in [2.05, 4.69) is 11.9 Å². The molecular weight excluding hydrogens is 170 g/mol. The highest BCUT2D eigenvalue weighted by Crippen LogP contribution is 2.32. The summed E-state index contributed by atoms with van der Waals surface area (Å²) in [5.74, 6) is -1.07. The molecule has 0 fully saturated rings. The molecule has 4 nitrogen and oxygen atoms in total. The summed E-state index contributed by atoms with van der Waals surface area (Å²) >= 11 is 0. The molecule has 1 aromatic rings. The number of hydrogen-bond acceptors (Lipinski definition) is 3. The molecule has 0 saturated carbocycles. The van der Waals surface area contributed by atoms with Gasteiger partial charge in [-0.15, -0.1) is 0 Å². The number of amides is 1. The van der Waals surface area contributed by atoms with Gasteiger partial charge < -0.3 is 15.5 Å². The molecule has 0 aromatic heterocycles. The van der Waals surface area contributed by atoms with Crippen LogP contribution in [0.1, 0.15) is 0 Å². The highest BCUT2D eigenvalue weighted by molar-refractivity contribution is 6.00. The zero-order valence-corrected chi connectivity index (χ0v) is 6.82. The first-order valence-electron chi connectivity index (χ1n) is 3.59. The molecule has 0 bridgehead atoms. The molecule has 0 aliphatic rings. The van der Waals surface area contributed by atoms with E-state index in [-0.39, 0.29) is 17.2 Å². The average molecular weight is 179 g/mol. The fourth-order valence-corrected chi connectivity index (χ4v) is 0.816. The van der Waals surface area contributed by atoms with Gasteiger partial charge in [0.25, 0.3) is 0 Å². The second-order valence-electron chi connectivity index (χ2n) is 2.37. The van der Waals surface area contributed by atoms with Gasteiger partial charge in [-0.05, 0) is 18.2 Å². The van der Waals surface area contributed by atoms with Crippen molar-refractivity contribution in [3.8, 4) is 11.5 Å². The van der Waals surface area contributed by atoms with E-state index in [0.717, 1.165) is 6.08 Å². The molecule has 1 rings (SSSR count). The third kappa shape index (κ3) is 1.99. The molecule has 0 heterocycles. The Morgan fingerprint density at radius 1 is 1.46 bits per heavy atom. The van der Waals surface area contributed by atoms with Crippen LogP contribution in [0.3, 0.4) is 0 Å². The van der Waals surface area contributed by atoms with Gasteiger partial charge in [0.05, 0.1) is 5.69 Å². The Kier molecular flexibility index (Phi) is 2.54. The minimum absolute atomic E-state index is 0.157. The molecule has 13 heavy (non-hydrogen) atoms. The van der Waals surface area contributed by atoms with E-state index in [0.29, 0.717) is 0 Å². The van der Waals surface area contributed by atoms with Crippen molar-refractivity contribution in [3.05, 3.63) is 30.9 Å². The summed E-state index contributed by atoms with van der Waals surface area (Å²) in [6.45, 7) is 3.25. The van der Waals surface area contributed by atoms with Gasteiger partial charge in [0.15, 0.2) is 11.5 Å². The summed E-state index contributed by atoms with van der Waals surface area (Å²) in [4.78, 5) is 10.8. The minimum atomic E-state index is -0.444. The Morgan fingerprint density at radius 3 is 2.77 bits per heavy atom. The predicted octanol–water partition coefficient (Wildman–Crippen LogP) is 1.22. The lowest BCUT2D eigenvalue weighted by atomic mass is 10.2. The van der Waals surface area contributed by atoms with Crippen LogP contribution in [0.5, 0.6) is 11.5 Å². The maximum atomic E-state index is 10.8. The standard InChI is InChI=1S/C9H9NO3/c1-2-8(12)10-6-4-3-5-7(11)9(6)13/h2-5,11,13H,1H2,(H,10,12). The lowest BCUT2D eigenvalue weighted by Crippen LogP contribution is -2.07. The van der Waals surface area contributed by atoms with Crippen molar-refractivity contribution >= 4 is 11.6 Å². The summed E-state index contributed by atoms with van der Waals surface area (Å²) in [7, 11) is 0. The number of phenols is 2. The number of carbonyl (C=O) groups excluding carboxylic acids is 1. The van der Waals surface area contributed by atoms with Crippen LogP contribution in [0.15, 0.2) is 30.9 Å². The molecule has 0 saturated heterocycles. The van der Waals surface area contributed by atoms with Crippen LogP contribution in [0.2, 0.25) is 0 Å². The minimum Gasteiger partial charge on any atom is -0.504 e. The number of rotatable bonds is 2. The Hall–Kier alpha value is -1.97. The van der Waals surface area contributed by atoms with E-state index < -0.39 is 5.91 Å². The number of benzene rings is 1. The second-order valence-corrected chi connectivity index (χ2v) is 2.37. The maximum Gasteiger partial charge on any atom is 0.247 e. The summed E-state index contributed by atoms with van der Waals surface area (Å²) < 4.78 is 0. The number of nitrogens with one attached hydrogen (secondary N) is 1. The summed E-state index contributed by atoms with van der Waals surface area (Å²) in [5, 5.41) is 20.6. The molecule has 4 heteroatoms. The molecule has 1 aromatic carbocycles. The van der Waals surface area contributed by atoms with Crippen molar-refractivity contribution in [3.63, 3.8) is 0 Å². The Morgan fingerprint density at radius 2 is 2.15 bits per heavy atom. The van der Waals surface area contributed by atoms with E-state index in [1.807, 2.05) is 0 Å². The first-order chi connectivity index (χ1) is 6.15. The van der Waals surface area contributed by atoms with Crippen molar-refractivity contribution in [2.75, 3.05) is 5.32 Å². The highest BCUT2D eigenvalue weighted by Gasteiger charge is 2.06. The van der Waals surface area contributed by atoms with Crippen molar-refractivity contribution in [2.45, 2.75) is 0 Å². The third-order valence-corrected chi connectivity index (χ3v) is 1.46. The number of anilines is 1. The van der Waals surface area contributed by atoms with E-state index in [4.69, 9.17) is 5.11 Å². The molecule has 1 amide bonds. The lowest BCUT2D eigenvalue weighted by molar-refractivity contribution is -0.111. The SMILES string of the molecule is C=CC(=O)Nc1cccc(O)c1O. The molecular formula is C9H9NO3. The van der Waals surface area contributed by atoms with Crippen molar-refractivity contribution < 1.29 is 15.0 Å². The number of carbonyl (C=O) groups is 1. The van der Waals surface area contributed by atoms with Crippen LogP contribution in [0.4, 0.5) is 5.69 Å². The Labute approximate surface area is 75.1 Å². The van der Waals surface area contributed by atoms with Crippen molar-refractivity contribution in [2.24, 2.45) is 0 Å². The lowest BCUT2D eigenvalue weighted by Gasteiger charge is -2.05. The highest BCUT2D eigenvalue weighted by atomic mass is 16.3. The van der Waals surface area contributed by atoms with Gasteiger partial charge in [-0.25, -0.2) is 0 Å². The average Bonchev–Trinajstić information content (AvgIpc) is 2.13. The van der Waals surface area contributed by atoms with Crippen molar-refractivity contribution in [1.82, 2.24) is 0 Å². The van der Waals surface area contributed by atoms with Crippen LogP contribution >= 0.6 is 0 Å². The molecule has 3 N–H and O–H groups in total. The number of aromatic hydroxyl groups is 2. The molecule has 0 atom stereocenters. The van der Waals surface area contributed by atoms with Gasteiger partial charge in [-0.1, -0.05) is 12.6 Å². The predicted molar refractivity (Wildman–Crippen MR) is 48.6 cm³/mol. The van der Waals surface area contributed by atoms with Gasteiger partial charge in [-0.3, -0.25) is 4.79 Å². The number of phenolic OH excluding ortho intramolecular Hbond substituents is 2. The number of hydrogen-bond donors (Lipinski definition) is 3. The van der Waals surface area contributed by atoms with Crippen LogP contribution in [0, 0.1) is 0 Å². The second kappa shape index (κ2) is 3.62. The van der Waals surface area contributed by atoms with Crippen molar-refractivity contribution in [1.29, 1.82) is 0 Å². The number of para-hydroxylation sites is 1. The zero-order valence-electron chi connectivity index (χ0n) is 6.82. The molecule has 0 radical (unpaired) electrons. The maximum absolute atomic E-state index is 10.8. The van der Waals surface area contributed by atoms with E-state index in [9.17, 15) is 9.90 Å². The van der Waals surface area contributed by atoms with Crippen LogP contribution in [-0.4, -0.2) is 16.1 Å². The zero-order chi connectivity index (χ0) is 9.84. The third-order valence-electron chi connectivity index (χ3n) is 1.46. The first kappa shape index (κ1) is 9.12. The largest absolute Gasteiger partial charge is 0.504 e. The summed E-state index contributed by atoms with van der Waals surface area (Å²) in [5.41, 5.74) is 0.157.